The van der Waals surface area contributed by atoms with Gasteiger partial charge in [-0.25, -0.2) is 0 Å². The largest absolute Gasteiger partial charge is 0.462 e. The number of nitrogens with one attached hydrogen (secondary N) is 1. The van der Waals surface area contributed by atoms with Crippen LogP contribution in [0.15, 0.2) is 0 Å². The zero-order chi connectivity index (χ0) is 23.3. The maximum atomic E-state index is 13.4. The molecule has 1 heterocycles. The summed E-state index contributed by atoms with van der Waals surface area (Å²) in [6.45, 7) is 13.3. The highest BCUT2D eigenvalue weighted by molar-refractivity contribution is 8.01. The number of nitrogens with zero attached hydrogens (tertiary/aromatic N) is 1. The molecule has 0 bridgehead atoms. The minimum absolute atomic E-state index is 0.0571. The molecule has 1 saturated carbocycles. The number of rotatable bonds is 4. The van der Waals surface area contributed by atoms with E-state index < -0.39 is 57.1 Å². The molecular weight excluding hydrogens is 408 g/mol. The lowest BCUT2D eigenvalue weighted by atomic mass is 9.50. The molecule has 2 fully saturated rings. The lowest BCUT2D eigenvalue weighted by Crippen LogP contribution is -2.79. The summed E-state index contributed by atoms with van der Waals surface area (Å²) in [5, 5.41) is 12.9. The van der Waals surface area contributed by atoms with Gasteiger partial charge in [-0.3, -0.25) is 19.2 Å². The third kappa shape index (κ3) is 3.20. The summed E-state index contributed by atoms with van der Waals surface area (Å²) in [7, 11) is 0. The van der Waals surface area contributed by atoms with Crippen LogP contribution in [0, 0.1) is 33.5 Å². The number of esters is 2. The lowest BCUT2D eigenvalue weighted by Gasteiger charge is -2.64. The van der Waals surface area contributed by atoms with E-state index in [0.29, 0.717) is 0 Å². The summed E-state index contributed by atoms with van der Waals surface area (Å²) in [5.74, 6) is -4.72. The monoisotopic (exact) mass is 438 g/mol. The van der Waals surface area contributed by atoms with Gasteiger partial charge in [0.1, 0.15) is 4.87 Å². The molecule has 1 aliphatic heterocycles. The van der Waals surface area contributed by atoms with Crippen LogP contribution in [-0.4, -0.2) is 46.5 Å². The maximum absolute atomic E-state index is 13.4. The van der Waals surface area contributed by atoms with Gasteiger partial charge in [0.2, 0.25) is 5.91 Å². The van der Waals surface area contributed by atoms with E-state index in [1.165, 1.54) is 0 Å². The van der Waals surface area contributed by atoms with E-state index in [0.717, 1.165) is 11.8 Å². The fraction of sp³-hybridized carbons (Fsp3) is 0.762. The highest BCUT2D eigenvalue weighted by Crippen LogP contribution is 2.65. The van der Waals surface area contributed by atoms with Crippen LogP contribution in [0.2, 0.25) is 0 Å². The van der Waals surface area contributed by atoms with Crippen LogP contribution in [0.25, 0.3) is 0 Å². The smallest absolute Gasteiger partial charge is 0.329 e. The van der Waals surface area contributed by atoms with Crippen molar-refractivity contribution >= 4 is 35.4 Å². The molecule has 2 rings (SSSR count). The topological polar surface area (TPSA) is 123 Å². The van der Waals surface area contributed by atoms with Crippen molar-refractivity contribution in [2.75, 3.05) is 5.75 Å². The SMILES string of the molecule is CC(C)OC(=O)C1C(=O)NC2(SC[C@]1(C#N)C(=O)OC(C)C)C(C)(C)C(=O)C2(C)C. The number of ketones is 1. The number of carbonyl (C=O) groups excluding carboxylic acids is 4. The van der Waals surface area contributed by atoms with Crippen molar-refractivity contribution in [3.63, 3.8) is 0 Å². The van der Waals surface area contributed by atoms with Crippen molar-refractivity contribution in [2.24, 2.45) is 22.2 Å². The number of thioether (sulfide) groups is 1. The van der Waals surface area contributed by atoms with E-state index in [1.807, 2.05) is 6.07 Å². The Morgan fingerprint density at radius 2 is 1.57 bits per heavy atom. The van der Waals surface area contributed by atoms with Gasteiger partial charge in [0.05, 0.1) is 29.1 Å². The Bertz CT molecular complexity index is 808. The summed E-state index contributed by atoms with van der Waals surface area (Å²) < 4.78 is 10.5. The zero-order valence-corrected chi connectivity index (χ0v) is 19.6. The van der Waals surface area contributed by atoms with Crippen molar-refractivity contribution < 1.29 is 28.7 Å². The molecule has 0 aromatic rings. The predicted octanol–water partition coefficient (Wildman–Crippen LogP) is 2.21. The zero-order valence-electron chi connectivity index (χ0n) is 18.7. The van der Waals surface area contributed by atoms with Gasteiger partial charge in [0, 0.05) is 5.75 Å². The summed E-state index contributed by atoms with van der Waals surface area (Å²) in [5.41, 5.74) is -4.01. The van der Waals surface area contributed by atoms with Crippen LogP contribution in [0.3, 0.4) is 0 Å². The van der Waals surface area contributed by atoms with E-state index >= 15 is 0 Å². The first-order chi connectivity index (χ1) is 13.6. The van der Waals surface area contributed by atoms with E-state index in [9.17, 15) is 24.4 Å². The van der Waals surface area contributed by atoms with Crippen LogP contribution in [0.1, 0.15) is 55.4 Å². The molecule has 9 heteroatoms. The molecule has 166 valence electrons. The molecule has 0 aromatic heterocycles. The molecule has 1 saturated heterocycles. The molecule has 30 heavy (non-hydrogen) atoms. The fourth-order valence-corrected chi connectivity index (χ4v) is 6.42. The number of hydrogen-bond donors (Lipinski definition) is 1. The molecule has 1 N–H and O–H groups in total. The van der Waals surface area contributed by atoms with Crippen LogP contribution in [0.5, 0.6) is 0 Å². The molecular formula is C21H30N2O6S. The van der Waals surface area contributed by atoms with Gasteiger partial charge in [0.15, 0.2) is 17.1 Å². The first kappa shape index (κ1) is 24.2. The lowest BCUT2D eigenvalue weighted by molar-refractivity contribution is -0.173. The van der Waals surface area contributed by atoms with Crippen LogP contribution in [-0.2, 0) is 28.7 Å². The van der Waals surface area contributed by atoms with Gasteiger partial charge in [0.25, 0.3) is 0 Å². The highest BCUT2D eigenvalue weighted by atomic mass is 32.2. The Kier molecular flexibility index (Phi) is 6.09. The van der Waals surface area contributed by atoms with Crippen LogP contribution < -0.4 is 5.32 Å². The first-order valence-corrected chi connectivity index (χ1v) is 10.9. The molecule has 0 aromatic carbocycles. The molecule has 1 amide bonds. The average Bonchev–Trinajstić information content (AvgIpc) is 2.75. The number of hydrogen-bond acceptors (Lipinski definition) is 8. The average molecular weight is 439 g/mol. The number of amides is 1. The van der Waals surface area contributed by atoms with Crippen molar-refractivity contribution in [3.05, 3.63) is 0 Å². The number of nitriles is 1. The summed E-state index contributed by atoms with van der Waals surface area (Å²) in [6, 6.07) is 1.91. The van der Waals surface area contributed by atoms with E-state index in [-0.39, 0.29) is 11.5 Å². The van der Waals surface area contributed by atoms with Gasteiger partial charge < -0.3 is 14.8 Å². The standard InChI is InChI=1S/C21H30N2O6S/c1-11(2)28-15(25)13-14(24)23-21(18(5,6)16(26)19(21,7)8)30-10-20(13,9-22)17(27)29-12(3)4/h11-13H,10H2,1-8H3,(H,23,24)/t13?,20-/m0/s1. The molecule has 1 aliphatic carbocycles. The van der Waals surface area contributed by atoms with E-state index in [2.05, 4.69) is 5.32 Å². The highest BCUT2D eigenvalue weighted by Gasteiger charge is 2.76. The number of Topliss-reactive ketones (excluding diaryl/α,β-unsaturated/α-hetero) is 1. The summed E-state index contributed by atoms with van der Waals surface area (Å²) in [4.78, 5) is 51.0. The second kappa shape index (κ2) is 7.56. The third-order valence-corrected chi connectivity index (χ3v) is 8.12. The van der Waals surface area contributed by atoms with Gasteiger partial charge in [-0.15, -0.1) is 11.8 Å². The number of ether oxygens (including phenoxy) is 2. The molecule has 8 nitrogen and oxygen atoms in total. The van der Waals surface area contributed by atoms with Crippen molar-refractivity contribution in [1.29, 1.82) is 5.26 Å². The molecule has 1 spiro atoms. The maximum Gasteiger partial charge on any atom is 0.329 e. The third-order valence-electron chi connectivity index (χ3n) is 5.96. The van der Waals surface area contributed by atoms with Crippen molar-refractivity contribution in [1.82, 2.24) is 5.32 Å². The van der Waals surface area contributed by atoms with Gasteiger partial charge >= 0.3 is 11.9 Å². The summed E-state index contributed by atoms with van der Waals surface area (Å²) >= 11 is 1.14. The van der Waals surface area contributed by atoms with Gasteiger partial charge in [-0.1, -0.05) is 0 Å². The Morgan fingerprint density at radius 1 is 1.07 bits per heavy atom. The molecule has 2 atom stereocenters. The molecule has 2 aliphatic rings. The second-order valence-electron chi connectivity index (χ2n) is 9.49. The fourth-order valence-electron chi connectivity index (χ4n) is 4.55. The predicted molar refractivity (Wildman–Crippen MR) is 110 cm³/mol. The van der Waals surface area contributed by atoms with Crippen molar-refractivity contribution in [2.45, 2.75) is 72.5 Å². The Hall–Kier alpha value is -2.08. The Morgan fingerprint density at radius 3 is 2.00 bits per heavy atom. The van der Waals surface area contributed by atoms with Gasteiger partial charge in [-0.2, -0.15) is 5.26 Å². The minimum Gasteiger partial charge on any atom is -0.462 e. The Balaban J connectivity index is 2.65. The summed E-state index contributed by atoms with van der Waals surface area (Å²) in [6.07, 6.45) is -1.10. The van der Waals surface area contributed by atoms with Crippen molar-refractivity contribution in [3.8, 4) is 6.07 Å². The second-order valence-corrected chi connectivity index (χ2v) is 10.7. The van der Waals surface area contributed by atoms with E-state index in [4.69, 9.17) is 9.47 Å². The Labute approximate surface area is 181 Å². The number of carbonyl (C=O) groups is 4. The quantitative estimate of drug-likeness (QED) is 0.523. The molecule has 0 radical (unpaired) electrons. The van der Waals surface area contributed by atoms with Crippen LogP contribution >= 0.6 is 11.8 Å². The minimum atomic E-state index is -2.08. The molecule has 1 unspecified atom stereocenters. The first-order valence-electron chi connectivity index (χ1n) is 9.94. The van der Waals surface area contributed by atoms with Crippen LogP contribution in [0.4, 0.5) is 0 Å². The normalized spacial score (nSPS) is 28.9. The van der Waals surface area contributed by atoms with E-state index in [1.54, 1.807) is 55.4 Å². The van der Waals surface area contributed by atoms with Gasteiger partial charge in [-0.05, 0) is 55.4 Å².